The maximum absolute atomic E-state index is 5.13. The van der Waals surface area contributed by atoms with Crippen LogP contribution in [0.2, 0.25) is 0 Å². The third-order valence-electron chi connectivity index (χ3n) is 8.62. The van der Waals surface area contributed by atoms with E-state index in [1.165, 1.54) is 46.5 Å². The molecule has 7 rings (SSSR count). The summed E-state index contributed by atoms with van der Waals surface area (Å²) in [5, 5.41) is 7.25. The highest BCUT2D eigenvalue weighted by atomic mass is 15.1. The molecule has 4 N–H and O–H groups in total. The summed E-state index contributed by atoms with van der Waals surface area (Å²) in [6.45, 7) is 11.2. The zero-order valence-electron chi connectivity index (χ0n) is 24.3. The Bertz CT molecular complexity index is 1470. The molecule has 6 nitrogen and oxygen atoms in total. The van der Waals surface area contributed by atoms with Crippen molar-refractivity contribution in [1.29, 1.82) is 0 Å². The molecule has 2 aromatic heterocycles. The third-order valence-corrected chi connectivity index (χ3v) is 8.62. The summed E-state index contributed by atoms with van der Waals surface area (Å²) in [5.41, 5.74) is 9.92. The van der Waals surface area contributed by atoms with Gasteiger partial charge in [0.1, 0.15) is 11.6 Å². The Morgan fingerprint density at radius 1 is 1.00 bits per heavy atom. The van der Waals surface area contributed by atoms with E-state index in [9.17, 15) is 0 Å². The normalized spacial score (nSPS) is 20.6. The second kappa shape index (κ2) is 12.7. The van der Waals surface area contributed by atoms with Gasteiger partial charge < -0.3 is 20.6 Å². The Kier molecular flexibility index (Phi) is 8.87. The highest BCUT2D eigenvalue weighted by Gasteiger charge is 2.47. The predicted octanol–water partition coefficient (Wildman–Crippen LogP) is 6.99. The first-order valence-electron chi connectivity index (χ1n) is 14.8. The van der Waals surface area contributed by atoms with Gasteiger partial charge in [0.05, 0.1) is 30.2 Å². The second-order valence-electron chi connectivity index (χ2n) is 11.2. The third kappa shape index (κ3) is 6.07. The van der Waals surface area contributed by atoms with Gasteiger partial charge in [-0.15, -0.1) is 26.0 Å². The number of benzene rings is 2. The Labute approximate surface area is 244 Å². The summed E-state index contributed by atoms with van der Waals surface area (Å²) in [6.07, 6.45) is 16.9. The van der Waals surface area contributed by atoms with Crippen LogP contribution >= 0.6 is 0 Å². The topological polar surface area (TPSA) is 81.4 Å². The number of aromatic amines is 2. The van der Waals surface area contributed by atoms with Gasteiger partial charge in [-0.3, -0.25) is 0 Å². The molecule has 0 amide bonds. The van der Waals surface area contributed by atoms with E-state index in [-0.39, 0.29) is 0 Å². The minimum Gasteiger partial charge on any atom is -0.344 e. The first kappa shape index (κ1) is 28.6. The Morgan fingerprint density at radius 3 is 2.49 bits per heavy atom. The first-order chi connectivity index (χ1) is 20.1. The van der Waals surface area contributed by atoms with Crippen LogP contribution in [0.15, 0.2) is 61.8 Å². The molecule has 1 saturated carbocycles. The van der Waals surface area contributed by atoms with Crippen LogP contribution in [0, 0.1) is 18.8 Å². The number of imidazole rings is 2. The monoisotopic (exact) mass is 546 g/mol. The Balaban J connectivity index is 0.000000810. The highest BCUT2D eigenvalue weighted by molar-refractivity contribution is 5.75. The molecule has 212 valence electrons. The molecule has 4 aromatic rings. The molecular weight excluding hydrogens is 504 g/mol. The van der Waals surface area contributed by atoms with Crippen LogP contribution in [0.1, 0.15) is 68.5 Å². The summed E-state index contributed by atoms with van der Waals surface area (Å²) in [4.78, 5) is 16.9. The van der Waals surface area contributed by atoms with Crippen molar-refractivity contribution in [2.24, 2.45) is 5.92 Å². The van der Waals surface area contributed by atoms with Crippen molar-refractivity contribution in [3.63, 3.8) is 0 Å². The molecule has 4 atom stereocenters. The van der Waals surface area contributed by atoms with Crippen LogP contribution in [-0.2, 0) is 19.4 Å². The van der Waals surface area contributed by atoms with Crippen molar-refractivity contribution in [2.75, 3.05) is 0 Å². The number of nitrogens with one attached hydrogen (secondary N) is 4. The van der Waals surface area contributed by atoms with Gasteiger partial charge in [0.2, 0.25) is 0 Å². The summed E-state index contributed by atoms with van der Waals surface area (Å²) >= 11 is 0. The first-order valence-corrected chi connectivity index (χ1v) is 14.8. The number of rotatable bonds is 7. The van der Waals surface area contributed by atoms with Gasteiger partial charge in [-0.2, -0.15) is 0 Å². The molecule has 2 aliphatic carbocycles. The average Bonchev–Trinajstić information content (AvgIpc) is 3.36. The largest absolute Gasteiger partial charge is 0.344 e. The lowest BCUT2D eigenvalue weighted by atomic mass is 9.95. The average molecular weight is 547 g/mol. The quantitative estimate of drug-likeness (QED) is 0.149. The summed E-state index contributed by atoms with van der Waals surface area (Å²) in [5.74, 6) is 2.99. The lowest BCUT2D eigenvalue weighted by Gasteiger charge is -2.11. The molecular formula is C35H42N6. The Hall–Kier alpha value is -3.92. The molecule has 1 saturated heterocycles. The van der Waals surface area contributed by atoms with Gasteiger partial charge in [0.15, 0.2) is 0 Å². The molecule has 1 aliphatic heterocycles. The number of aromatic nitrogens is 4. The van der Waals surface area contributed by atoms with Gasteiger partial charge in [-0.1, -0.05) is 49.4 Å². The number of H-pyrrole nitrogens is 2. The standard InChI is InChI=1S/C31H36N6.C2H4.C2H2/c1-3-18(2)32-17-29-33-16-28(35-29)20-9-7-19(8-10-20)21-11-12-24-22(13-21)5-4-6-25-30(24)37-31(36-25)27-15-23-14-26(23)34-27;2*1-2/h7-13,16,18,23,26-27,32,34H,3-6,14-15,17H2,1-2H3,(H,33,35)(H,36,37);1-2H2;1-2H/t18?,23-,26?,27+;;/m1../s1. The number of terminal acetylenes is 1. The van der Waals surface area contributed by atoms with Crippen molar-refractivity contribution in [3.05, 3.63) is 84.7 Å². The number of hydrogen-bond acceptors (Lipinski definition) is 4. The Morgan fingerprint density at radius 2 is 1.76 bits per heavy atom. The van der Waals surface area contributed by atoms with E-state index in [0.717, 1.165) is 67.1 Å². The number of aryl methyl sites for hydroxylation is 2. The molecule has 3 heterocycles. The van der Waals surface area contributed by atoms with E-state index in [2.05, 4.69) is 108 Å². The van der Waals surface area contributed by atoms with Crippen LogP contribution in [0.25, 0.3) is 33.6 Å². The fraction of sp³-hybridized carbons (Fsp3) is 0.371. The minimum absolute atomic E-state index is 0.402. The molecule has 0 spiro atoms. The summed E-state index contributed by atoms with van der Waals surface area (Å²) in [7, 11) is 0. The fourth-order valence-electron chi connectivity index (χ4n) is 6.05. The van der Waals surface area contributed by atoms with Gasteiger partial charge in [-0.05, 0) is 73.6 Å². The van der Waals surface area contributed by atoms with Crippen molar-refractivity contribution in [2.45, 2.75) is 77.0 Å². The molecule has 2 fully saturated rings. The lowest BCUT2D eigenvalue weighted by molar-refractivity contribution is 0.525. The molecule has 2 unspecified atom stereocenters. The minimum atomic E-state index is 0.402. The van der Waals surface area contributed by atoms with Gasteiger partial charge >= 0.3 is 0 Å². The van der Waals surface area contributed by atoms with Crippen molar-refractivity contribution >= 4 is 0 Å². The van der Waals surface area contributed by atoms with Gasteiger partial charge in [0, 0.05) is 23.3 Å². The van der Waals surface area contributed by atoms with Crippen LogP contribution in [-0.4, -0.2) is 32.0 Å². The summed E-state index contributed by atoms with van der Waals surface area (Å²) < 4.78 is 0. The predicted molar refractivity (Wildman–Crippen MR) is 169 cm³/mol. The molecule has 0 bridgehead atoms. The molecule has 2 aromatic carbocycles. The van der Waals surface area contributed by atoms with Gasteiger partial charge in [0.25, 0.3) is 0 Å². The van der Waals surface area contributed by atoms with Crippen LogP contribution in [0.5, 0.6) is 0 Å². The number of piperidine rings is 1. The SMILES string of the molecule is C#C.C=C.CCC(C)NCc1ncc(-c2ccc(-c3ccc4c(c3)CCCc3[nH]c([C@@H]5C[C@H]6CC6N5)nc3-4)cc2)[nH]1. The molecule has 3 aliphatic rings. The van der Waals surface area contributed by atoms with Crippen LogP contribution < -0.4 is 10.6 Å². The number of fused-ring (bicyclic) bond motifs is 4. The lowest BCUT2D eigenvalue weighted by Crippen LogP contribution is -2.24. The highest BCUT2D eigenvalue weighted by Crippen LogP contribution is 2.46. The van der Waals surface area contributed by atoms with E-state index < -0.39 is 0 Å². The summed E-state index contributed by atoms with van der Waals surface area (Å²) in [6, 6.07) is 17.4. The zero-order valence-corrected chi connectivity index (χ0v) is 24.3. The van der Waals surface area contributed by atoms with Crippen LogP contribution in [0.3, 0.4) is 0 Å². The molecule has 41 heavy (non-hydrogen) atoms. The fourth-order valence-corrected chi connectivity index (χ4v) is 6.05. The maximum atomic E-state index is 5.13. The molecule has 6 heteroatoms. The number of hydrogen-bond donors (Lipinski definition) is 4. The van der Waals surface area contributed by atoms with Crippen molar-refractivity contribution in [3.8, 4) is 46.5 Å². The van der Waals surface area contributed by atoms with E-state index in [0.29, 0.717) is 12.1 Å². The van der Waals surface area contributed by atoms with Gasteiger partial charge in [-0.25, -0.2) is 9.97 Å². The molecule has 0 radical (unpaired) electrons. The smallest absolute Gasteiger partial charge is 0.124 e. The van der Waals surface area contributed by atoms with Crippen LogP contribution in [0.4, 0.5) is 0 Å². The second-order valence-corrected chi connectivity index (χ2v) is 11.2. The maximum Gasteiger partial charge on any atom is 0.124 e. The van der Waals surface area contributed by atoms with E-state index in [1.807, 2.05) is 6.20 Å². The van der Waals surface area contributed by atoms with Crippen molar-refractivity contribution in [1.82, 2.24) is 30.6 Å². The van der Waals surface area contributed by atoms with E-state index in [1.54, 1.807) is 0 Å². The number of nitrogens with zero attached hydrogens (tertiary/aromatic N) is 2. The zero-order chi connectivity index (χ0) is 28.9. The van der Waals surface area contributed by atoms with Crippen molar-refractivity contribution < 1.29 is 0 Å². The van der Waals surface area contributed by atoms with E-state index in [4.69, 9.17) is 4.98 Å². The van der Waals surface area contributed by atoms with E-state index >= 15 is 0 Å².